The molecule has 72 heavy (non-hydrogen) atoms. The topological polar surface area (TPSA) is 231 Å². The zero-order valence-electron chi connectivity index (χ0n) is 43.9. The van der Waals surface area contributed by atoms with E-state index in [-0.39, 0.29) is 102 Å². The lowest BCUT2D eigenvalue weighted by Crippen LogP contribution is -2.42. The minimum Gasteiger partial charge on any atom is -0.461 e. The summed E-state index contributed by atoms with van der Waals surface area (Å²) in [6, 6.07) is 8.56. The average Bonchev–Trinajstić information content (AvgIpc) is 3.34. The van der Waals surface area contributed by atoms with Crippen LogP contribution in [0.2, 0.25) is 0 Å². The van der Waals surface area contributed by atoms with Gasteiger partial charge in [-0.25, -0.2) is 4.79 Å². The van der Waals surface area contributed by atoms with Crippen molar-refractivity contribution in [2.45, 2.75) is 143 Å². The van der Waals surface area contributed by atoms with E-state index in [0.29, 0.717) is 97.9 Å². The standard InChI is InChI=1S/C53H87N3O16/c1-7-29-63-31-33-65-35-37-67-41-45(57)39-44(24-25-49(60)71-40-43-20-14-13-15-21-43)51(61)54-27-18-12-10-11-16-23-47(58)46(22-17-19-28-55-52(62)72-53(4,5)6)56-48(59)42-68-38-36-66-34-32-64-30-26-50(69-8-2)70-9-3/h1,13-15,20-21,44,46,50H,8-12,16-19,22-42H2,2-6H3,(H,54,61)(H,55,62)(H,56,59)/t44-,46-/m1/s1. The predicted octanol–water partition coefficient (Wildman–Crippen LogP) is 5.81. The number of rotatable bonds is 47. The van der Waals surface area contributed by atoms with Crippen LogP contribution in [0, 0.1) is 18.3 Å². The molecule has 0 saturated heterocycles. The summed E-state index contributed by atoms with van der Waals surface area (Å²) in [5.41, 5.74) is 0.223. The third kappa shape index (κ3) is 39.1. The first kappa shape index (κ1) is 65.5. The summed E-state index contributed by atoms with van der Waals surface area (Å²) in [4.78, 5) is 77.1. The van der Waals surface area contributed by atoms with Crippen LogP contribution in [-0.4, -0.2) is 159 Å². The Labute approximate surface area is 428 Å². The van der Waals surface area contributed by atoms with Gasteiger partial charge in [-0.05, 0) is 78.7 Å². The van der Waals surface area contributed by atoms with Gasteiger partial charge in [-0.15, -0.1) is 6.42 Å². The molecule has 0 aromatic heterocycles. The van der Waals surface area contributed by atoms with Crippen molar-refractivity contribution < 1.29 is 76.1 Å². The van der Waals surface area contributed by atoms with Gasteiger partial charge in [0, 0.05) is 57.9 Å². The quantitative estimate of drug-likeness (QED) is 0.0303. The second-order valence-corrected chi connectivity index (χ2v) is 17.8. The first-order valence-electron chi connectivity index (χ1n) is 25.7. The number of hydrogen-bond donors (Lipinski definition) is 3. The lowest BCUT2D eigenvalue weighted by Gasteiger charge is -2.20. The molecule has 1 rings (SSSR count). The molecule has 410 valence electrons. The second kappa shape index (κ2) is 44.0. The fourth-order valence-electron chi connectivity index (χ4n) is 6.80. The molecule has 0 aliphatic rings. The van der Waals surface area contributed by atoms with Crippen LogP contribution >= 0.6 is 0 Å². The summed E-state index contributed by atoms with van der Waals surface area (Å²) in [5.74, 6) is 0.0694. The van der Waals surface area contributed by atoms with Crippen LogP contribution in [0.4, 0.5) is 4.79 Å². The Hall–Kier alpha value is -4.52. The van der Waals surface area contributed by atoms with Gasteiger partial charge in [0.15, 0.2) is 17.9 Å². The van der Waals surface area contributed by atoms with Crippen LogP contribution in [0.1, 0.15) is 124 Å². The highest BCUT2D eigenvalue weighted by Crippen LogP contribution is 2.16. The number of amides is 3. The predicted molar refractivity (Wildman–Crippen MR) is 270 cm³/mol. The van der Waals surface area contributed by atoms with Crippen LogP contribution in [0.25, 0.3) is 0 Å². The molecule has 0 saturated carbocycles. The van der Waals surface area contributed by atoms with Crippen LogP contribution in [0.15, 0.2) is 30.3 Å². The highest BCUT2D eigenvalue weighted by atomic mass is 16.7. The molecule has 0 aliphatic heterocycles. The maximum Gasteiger partial charge on any atom is 0.407 e. The number of hydrogen-bond acceptors (Lipinski definition) is 16. The molecule has 3 amide bonds. The largest absolute Gasteiger partial charge is 0.461 e. The molecule has 0 radical (unpaired) electrons. The monoisotopic (exact) mass is 1020 g/mol. The third-order valence-electron chi connectivity index (χ3n) is 10.4. The van der Waals surface area contributed by atoms with Gasteiger partial charge in [-0.3, -0.25) is 24.0 Å². The van der Waals surface area contributed by atoms with Crippen LogP contribution in [0.5, 0.6) is 0 Å². The highest BCUT2D eigenvalue weighted by Gasteiger charge is 2.24. The number of ketones is 2. The lowest BCUT2D eigenvalue weighted by molar-refractivity contribution is -0.147. The van der Waals surface area contributed by atoms with Gasteiger partial charge < -0.3 is 63.3 Å². The Kier molecular flexibility index (Phi) is 40.0. The number of carbonyl (C=O) groups is 6. The Bertz CT molecular complexity index is 1630. The fraction of sp³-hybridized carbons (Fsp3) is 0.736. The molecule has 3 N–H and O–H groups in total. The molecular weight excluding hydrogens is 935 g/mol. The number of terminal acetylenes is 1. The molecule has 0 fully saturated rings. The fourth-order valence-corrected chi connectivity index (χ4v) is 6.80. The lowest BCUT2D eigenvalue weighted by atomic mass is 9.96. The molecule has 19 heteroatoms. The molecule has 2 atom stereocenters. The SMILES string of the molecule is C#CCOCCOCCOCC(=O)C[C@@H](CCC(=O)OCc1ccccc1)C(=O)NCCCCCCCC(=O)[C@@H](CCCCNC(=O)OC(C)(C)C)NC(=O)COCCOCCOCCC(OCC)OCC. The summed E-state index contributed by atoms with van der Waals surface area (Å²) in [6.07, 6.45) is 10.5. The number of benzene rings is 1. The van der Waals surface area contributed by atoms with E-state index >= 15 is 0 Å². The molecule has 19 nitrogen and oxygen atoms in total. The average molecular weight is 1020 g/mol. The molecule has 1 aromatic carbocycles. The van der Waals surface area contributed by atoms with E-state index in [4.69, 9.17) is 53.8 Å². The van der Waals surface area contributed by atoms with Gasteiger partial charge >= 0.3 is 12.1 Å². The van der Waals surface area contributed by atoms with Gasteiger partial charge in [0.2, 0.25) is 11.8 Å². The summed E-state index contributed by atoms with van der Waals surface area (Å²) in [5, 5.41) is 8.48. The van der Waals surface area contributed by atoms with Crippen molar-refractivity contribution in [3.05, 3.63) is 35.9 Å². The number of unbranched alkanes of at least 4 members (excludes halogenated alkanes) is 5. The summed E-state index contributed by atoms with van der Waals surface area (Å²) < 4.78 is 54.3. The van der Waals surface area contributed by atoms with Crippen LogP contribution in [0.3, 0.4) is 0 Å². The van der Waals surface area contributed by atoms with Crippen molar-refractivity contribution in [2.24, 2.45) is 5.92 Å². The molecule has 0 aliphatic carbocycles. The van der Waals surface area contributed by atoms with Crippen molar-refractivity contribution in [1.82, 2.24) is 16.0 Å². The number of alkyl carbamates (subject to hydrolysis) is 1. The number of Topliss-reactive ketones (excluding diaryl/α,β-unsaturated/α-hetero) is 2. The Morgan fingerprint density at radius 2 is 1.22 bits per heavy atom. The normalized spacial score (nSPS) is 12.2. The maximum absolute atomic E-state index is 13.4. The number of carbonyl (C=O) groups excluding carboxylic acids is 6. The van der Waals surface area contributed by atoms with Gasteiger partial charge in [0.05, 0.1) is 65.5 Å². The first-order valence-corrected chi connectivity index (χ1v) is 25.7. The van der Waals surface area contributed by atoms with Crippen molar-refractivity contribution in [3.8, 4) is 12.3 Å². The minimum absolute atomic E-state index is 0.0309. The number of ether oxygens (including phenoxy) is 10. The minimum atomic E-state index is -0.747. The van der Waals surface area contributed by atoms with E-state index in [2.05, 4.69) is 21.9 Å². The van der Waals surface area contributed by atoms with E-state index in [1.54, 1.807) is 20.8 Å². The van der Waals surface area contributed by atoms with Gasteiger partial charge in [-0.2, -0.15) is 0 Å². The van der Waals surface area contributed by atoms with Crippen molar-refractivity contribution in [1.29, 1.82) is 0 Å². The van der Waals surface area contributed by atoms with Crippen molar-refractivity contribution in [2.75, 3.05) is 106 Å². The molecule has 0 spiro atoms. The summed E-state index contributed by atoms with van der Waals surface area (Å²) in [6.45, 7) is 13.8. The molecule has 0 heterocycles. The zero-order valence-corrected chi connectivity index (χ0v) is 43.9. The van der Waals surface area contributed by atoms with Gasteiger partial charge in [0.25, 0.3) is 0 Å². The summed E-state index contributed by atoms with van der Waals surface area (Å²) >= 11 is 0. The zero-order chi connectivity index (χ0) is 52.9. The summed E-state index contributed by atoms with van der Waals surface area (Å²) in [7, 11) is 0. The number of nitrogens with one attached hydrogen (secondary N) is 3. The second-order valence-electron chi connectivity index (χ2n) is 17.8. The van der Waals surface area contributed by atoms with E-state index < -0.39 is 35.5 Å². The Morgan fingerprint density at radius 3 is 1.88 bits per heavy atom. The van der Waals surface area contributed by atoms with Crippen LogP contribution in [-0.2, 0) is 77.9 Å². The van der Waals surface area contributed by atoms with E-state index in [1.807, 2.05) is 44.2 Å². The van der Waals surface area contributed by atoms with E-state index in [1.165, 1.54) is 0 Å². The molecule has 0 unspecified atom stereocenters. The Morgan fingerprint density at radius 1 is 0.639 bits per heavy atom. The van der Waals surface area contributed by atoms with Gasteiger partial charge in [-0.1, -0.05) is 55.5 Å². The smallest absolute Gasteiger partial charge is 0.407 e. The highest BCUT2D eigenvalue weighted by molar-refractivity contribution is 5.89. The molecule has 1 aromatic rings. The van der Waals surface area contributed by atoms with Gasteiger partial charge in [0.1, 0.15) is 32.0 Å². The van der Waals surface area contributed by atoms with Crippen molar-refractivity contribution >= 4 is 35.4 Å². The van der Waals surface area contributed by atoms with Crippen molar-refractivity contribution in [3.63, 3.8) is 0 Å². The van der Waals surface area contributed by atoms with E-state index in [0.717, 1.165) is 24.8 Å². The van der Waals surface area contributed by atoms with Crippen LogP contribution < -0.4 is 16.0 Å². The van der Waals surface area contributed by atoms with E-state index in [9.17, 15) is 28.8 Å². The third-order valence-corrected chi connectivity index (χ3v) is 10.4. The maximum atomic E-state index is 13.4. The molecular formula is C53H87N3O16. The Balaban J connectivity index is 2.55. The number of esters is 1. The molecule has 0 bridgehead atoms. The first-order chi connectivity index (χ1) is 34.8.